The summed E-state index contributed by atoms with van der Waals surface area (Å²) in [6.45, 7) is 6.16. The number of phenolic OH excluding ortho intramolecular Hbond substituents is 1. The van der Waals surface area contributed by atoms with Gasteiger partial charge >= 0.3 is 0 Å². The van der Waals surface area contributed by atoms with Gasteiger partial charge in [0.05, 0.1) is 24.1 Å². The highest BCUT2D eigenvalue weighted by Crippen LogP contribution is 2.30. The Balaban J connectivity index is 1.63. The number of phenols is 1. The maximum absolute atomic E-state index is 12.4. The lowest BCUT2D eigenvalue weighted by atomic mass is 9.87. The van der Waals surface area contributed by atoms with Gasteiger partial charge in [0.2, 0.25) is 5.91 Å². The number of nitrogens with zero attached hydrogens (tertiary/aromatic N) is 1. The summed E-state index contributed by atoms with van der Waals surface area (Å²) in [6.07, 6.45) is 1.43. The number of thiazole rings is 1. The molecule has 2 amide bonds. The zero-order valence-corrected chi connectivity index (χ0v) is 16.6. The Labute approximate surface area is 166 Å². The molecule has 0 atom stereocenters. The second-order valence-corrected chi connectivity index (χ2v) is 8.14. The average Bonchev–Trinajstić information content (AvgIpc) is 3.28. The second-order valence-electron chi connectivity index (χ2n) is 7.28. The van der Waals surface area contributed by atoms with Crippen LogP contribution in [0.25, 0.3) is 0 Å². The largest absolute Gasteiger partial charge is 0.506 e. The first kappa shape index (κ1) is 19.6. The number of rotatable bonds is 5. The maximum Gasteiger partial charge on any atom is 0.293 e. The summed E-state index contributed by atoms with van der Waals surface area (Å²) in [5.41, 5.74) is 1.77. The normalized spacial score (nSPS) is 11.2. The lowest BCUT2D eigenvalue weighted by molar-refractivity contribution is -0.115. The molecule has 3 aromatic rings. The van der Waals surface area contributed by atoms with E-state index >= 15 is 0 Å². The molecule has 28 heavy (non-hydrogen) atoms. The molecule has 0 bridgehead atoms. The van der Waals surface area contributed by atoms with Crippen LogP contribution in [0, 0.1) is 0 Å². The lowest BCUT2D eigenvalue weighted by Crippen LogP contribution is -2.17. The fourth-order valence-corrected chi connectivity index (χ4v) is 3.18. The summed E-state index contributed by atoms with van der Waals surface area (Å²) in [5.74, 6) is -0.524. The van der Waals surface area contributed by atoms with Gasteiger partial charge in [0.1, 0.15) is 5.75 Å². The Hall–Kier alpha value is -3.13. The topological polar surface area (TPSA) is 104 Å². The molecule has 2 aromatic heterocycles. The van der Waals surface area contributed by atoms with Crippen LogP contribution in [0.4, 0.5) is 10.8 Å². The fraction of sp³-hybridized carbons (Fsp3) is 0.250. The van der Waals surface area contributed by atoms with Gasteiger partial charge in [-0.2, -0.15) is 0 Å². The van der Waals surface area contributed by atoms with Gasteiger partial charge in [-0.15, -0.1) is 11.3 Å². The molecule has 146 valence electrons. The van der Waals surface area contributed by atoms with Crippen LogP contribution in [0.2, 0.25) is 0 Å². The van der Waals surface area contributed by atoms with Gasteiger partial charge < -0.3 is 14.8 Å². The number of anilines is 2. The van der Waals surface area contributed by atoms with Gasteiger partial charge in [-0.25, -0.2) is 4.98 Å². The molecule has 0 spiro atoms. The van der Waals surface area contributed by atoms with E-state index < -0.39 is 5.91 Å². The minimum Gasteiger partial charge on any atom is -0.506 e. The summed E-state index contributed by atoms with van der Waals surface area (Å²) < 4.78 is 5.03. The SMILES string of the molecule is CC(C)(C)c1ccc(O)c(NC(=O)Cc2csc(NC(=O)c3ccco3)n2)c1. The van der Waals surface area contributed by atoms with Crippen molar-refractivity contribution in [3.8, 4) is 5.75 Å². The van der Waals surface area contributed by atoms with Crippen LogP contribution >= 0.6 is 11.3 Å². The molecule has 0 fully saturated rings. The molecule has 8 heteroatoms. The number of benzene rings is 1. The molecule has 0 saturated carbocycles. The third-order valence-electron chi connectivity index (χ3n) is 4.00. The average molecular weight is 399 g/mol. The molecular formula is C20H21N3O4S. The van der Waals surface area contributed by atoms with E-state index in [1.807, 2.05) is 6.07 Å². The number of amides is 2. The van der Waals surface area contributed by atoms with Crippen LogP contribution in [0.5, 0.6) is 5.75 Å². The monoisotopic (exact) mass is 399 g/mol. The molecule has 0 aliphatic carbocycles. The Morgan fingerprint density at radius 1 is 1.21 bits per heavy atom. The number of hydrogen-bond donors (Lipinski definition) is 3. The number of carbonyl (C=O) groups excluding carboxylic acids is 2. The first-order chi connectivity index (χ1) is 13.2. The number of aromatic hydroxyl groups is 1. The molecule has 1 aromatic carbocycles. The van der Waals surface area contributed by atoms with Crippen molar-refractivity contribution in [2.75, 3.05) is 10.6 Å². The van der Waals surface area contributed by atoms with E-state index in [0.717, 1.165) is 5.56 Å². The molecule has 0 aliphatic heterocycles. The predicted molar refractivity (Wildman–Crippen MR) is 108 cm³/mol. The maximum atomic E-state index is 12.4. The van der Waals surface area contributed by atoms with E-state index in [0.29, 0.717) is 16.5 Å². The summed E-state index contributed by atoms with van der Waals surface area (Å²) in [7, 11) is 0. The third-order valence-corrected chi connectivity index (χ3v) is 4.80. The highest BCUT2D eigenvalue weighted by atomic mass is 32.1. The number of carbonyl (C=O) groups is 2. The van der Waals surface area contributed by atoms with Crippen LogP contribution in [-0.2, 0) is 16.6 Å². The Kier molecular flexibility index (Phi) is 5.51. The van der Waals surface area contributed by atoms with Gasteiger partial charge in [-0.05, 0) is 35.2 Å². The van der Waals surface area contributed by atoms with E-state index in [-0.39, 0.29) is 29.3 Å². The molecule has 0 unspecified atom stereocenters. The second kappa shape index (κ2) is 7.85. The summed E-state index contributed by atoms with van der Waals surface area (Å²) in [5, 5.41) is 17.4. The van der Waals surface area contributed by atoms with Crippen LogP contribution in [-0.4, -0.2) is 21.9 Å². The summed E-state index contributed by atoms with van der Waals surface area (Å²) >= 11 is 1.22. The summed E-state index contributed by atoms with van der Waals surface area (Å²) in [4.78, 5) is 28.5. The van der Waals surface area contributed by atoms with Crippen LogP contribution in [0.15, 0.2) is 46.4 Å². The molecular weight excluding hydrogens is 378 g/mol. The Morgan fingerprint density at radius 3 is 2.68 bits per heavy atom. The van der Waals surface area contributed by atoms with Crippen molar-refractivity contribution >= 4 is 34.0 Å². The highest BCUT2D eigenvalue weighted by molar-refractivity contribution is 7.14. The van der Waals surface area contributed by atoms with E-state index in [2.05, 4.69) is 36.4 Å². The van der Waals surface area contributed by atoms with Crippen molar-refractivity contribution in [3.05, 3.63) is 59.0 Å². The van der Waals surface area contributed by atoms with Gasteiger partial charge in [0.25, 0.3) is 5.91 Å². The predicted octanol–water partition coefficient (Wildman–Crippen LogP) is 4.17. The standard InChI is InChI=1S/C20H21N3O4S/c1-20(2,3)12-6-7-15(24)14(9-12)22-17(25)10-13-11-28-19(21-13)23-18(26)16-5-4-8-27-16/h4-9,11,24H,10H2,1-3H3,(H,22,25)(H,21,23,26). The third kappa shape index (κ3) is 4.77. The first-order valence-electron chi connectivity index (χ1n) is 8.65. The van der Waals surface area contributed by atoms with E-state index in [4.69, 9.17) is 4.42 Å². The van der Waals surface area contributed by atoms with E-state index in [1.54, 1.807) is 29.6 Å². The minimum absolute atomic E-state index is 0.00558. The van der Waals surface area contributed by atoms with Gasteiger partial charge in [-0.3, -0.25) is 14.9 Å². The molecule has 3 N–H and O–H groups in total. The number of hydrogen-bond acceptors (Lipinski definition) is 6. The van der Waals surface area contributed by atoms with Gasteiger partial charge in [-0.1, -0.05) is 26.8 Å². The quantitative estimate of drug-likeness (QED) is 0.559. The van der Waals surface area contributed by atoms with E-state index in [1.165, 1.54) is 17.6 Å². The van der Waals surface area contributed by atoms with Crippen molar-refractivity contribution in [2.24, 2.45) is 0 Å². The molecule has 0 radical (unpaired) electrons. The molecule has 2 heterocycles. The zero-order valence-electron chi connectivity index (χ0n) is 15.8. The number of nitrogens with one attached hydrogen (secondary N) is 2. The van der Waals surface area contributed by atoms with Crippen molar-refractivity contribution in [1.82, 2.24) is 4.98 Å². The van der Waals surface area contributed by atoms with Crippen LogP contribution < -0.4 is 10.6 Å². The van der Waals surface area contributed by atoms with Crippen molar-refractivity contribution < 1.29 is 19.1 Å². The Bertz CT molecular complexity index is 987. The van der Waals surface area contributed by atoms with Crippen molar-refractivity contribution in [3.63, 3.8) is 0 Å². The van der Waals surface area contributed by atoms with E-state index in [9.17, 15) is 14.7 Å². The number of aromatic nitrogens is 1. The fourth-order valence-electron chi connectivity index (χ4n) is 2.47. The smallest absolute Gasteiger partial charge is 0.293 e. The molecule has 3 rings (SSSR count). The molecule has 0 saturated heterocycles. The minimum atomic E-state index is -0.403. The number of furan rings is 1. The van der Waals surface area contributed by atoms with Crippen molar-refractivity contribution in [2.45, 2.75) is 32.6 Å². The molecule has 7 nitrogen and oxygen atoms in total. The van der Waals surface area contributed by atoms with Crippen LogP contribution in [0.3, 0.4) is 0 Å². The lowest BCUT2D eigenvalue weighted by Gasteiger charge is -2.20. The zero-order chi connectivity index (χ0) is 20.3. The first-order valence-corrected chi connectivity index (χ1v) is 9.53. The molecule has 0 aliphatic rings. The van der Waals surface area contributed by atoms with Crippen LogP contribution in [0.1, 0.15) is 42.6 Å². The summed E-state index contributed by atoms with van der Waals surface area (Å²) in [6, 6.07) is 8.34. The van der Waals surface area contributed by atoms with Crippen molar-refractivity contribution in [1.29, 1.82) is 0 Å². The Morgan fingerprint density at radius 2 is 2.00 bits per heavy atom. The van der Waals surface area contributed by atoms with Gasteiger partial charge in [0, 0.05) is 5.38 Å². The highest BCUT2D eigenvalue weighted by Gasteiger charge is 2.17. The van der Waals surface area contributed by atoms with Gasteiger partial charge in [0.15, 0.2) is 10.9 Å².